The molecule has 0 radical (unpaired) electrons. The van der Waals surface area contributed by atoms with Crippen LogP contribution in [0.15, 0.2) is 27.5 Å². The Balaban J connectivity index is 0.000000375. The molecule has 0 fully saturated rings. The lowest BCUT2D eigenvalue weighted by atomic mass is 10.1. The molecule has 0 atom stereocenters. The van der Waals surface area contributed by atoms with Gasteiger partial charge in [-0.15, -0.1) is 0 Å². The summed E-state index contributed by atoms with van der Waals surface area (Å²) in [4.78, 5) is 17.0. The van der Waals surface area contributed by atoms with Crippen LogP contribution in [0.5, 0.6) is 0 Å². The number of carbonyl (C=O) groups is 1. The van der Waals surface area contributed by atoms with Gasteiger partial charge < -0.3 is 14.5 Å². The molecular formula is C23H36BrN3O3. The van der Waals surface area contributed by atoms with Crippen molar-refractivity contribution < 1.29 is 14.4 Å². The number of aromatic carboxylic acids is 1. The maximum atomic E-state index is 10.4. The summed E-state index contributed by atoms with van der Waals surface area (Å²) in [5.41, 5.74) is 1.87. The minimum absolute atomic E-state index is 0.167. The third kappa shape index (κ3) is 10.9. The lowest BCUT2D eigenvalue weighted by molar-refractivity contribution is 0.0694. The van der Waals surface area contributed by atoms with E-state index in [4.69, 9.17) is 5.11 Å². The number of rotatable bonds is 12. The average Bonchev–Trinajstić information content (AvgIpc) is 3.03. The number of carboxylic acid groups (broad SMARTS) is 1. The second kappa shape index (κ2) is 15.1. The predicted octanol–water partition coefficient (Wildman–Crippen LogP) is 6.41. The third-order valence-electron chi connectivity index (χ3n) is 4.85. The zero-order valence-electron chi connectivity index (χ0n) is 18.8. The Kier molecular flexibility index (Phi) is 13.3. The Bertz CT molecular complexity index is 730. The van der Waals surface area contributed by atoms with E-state index in [1.54, 1.807) is 13.8 Å². The van der Waals surface area contributed by atoms with Crippen molar-refractivity contribution >= 4 is 21.9 Å². The molecule has 0 aliphatic carbocycles. The summed E-state index contributed by atoms with van der Waals surface area (Å²) in [6.07, 6.45) is 14.9. The van der Waals surface area contributed by atoms with Crippen LogP contribution < -0.4 is 0 Å². The van der Waals surface area contributed by atoms with E-state index in [0.717, 1.165) is 11.0 Å². The fourth-order valence-corrected chi connectivity index (χ4v) is 3.65. The van der Waals surface area contributed by atoms with Gasteiger partial charge in [0.15, 0.2) is 0 Å². The molecule has 0 aliphatic rings. The Hall–Kier alpha value is -1.73. The Morgan fingerprint density at radius 3 is 2.23 bits per heavy atom. The highest BCUT2D eigenvalue weighted by Crippen LogP contribution is 2.13. The normalized spacial score (nSPS) is 10.7. The van der Waals surface area contributed by atoms with Crippen molar-refractivity contribution in [1.82, 2.24) is 15.0 Å². The minimum Gasteiger partial charge on any atom is -0.477 e. The van der Waals surface area contributed by atoms with E-state index in [2.05, 4.69) is 55.5 Å². The van der Waals surface area contributed by atoms with Gasteiger partial charge in [-0.2, -0.15) is 0 Å². The number of aryl methyl sites for hydroxylation is 2. The first kappa shape index (κ1) is 26.3. The fourth-order valence-electron chi connectivity index (χ4n) is 3.24. The highest BCUT2D eigenvalue weighted by Gasteiger charge is 2.15. The van der Waals surface area contributed by atoms with Crippen LogP contribution >= 0.6 is 15.9 Å². The van der Waals surface area contributed by atoms with Crippen molar-refractivity contribution in [2.45, 2.75) is 78.7 Å². The van der Waals surface area contributed by atoms with Crippen LogP contribution in [0.3, 0.4) is 0 Å². The molecule has 2 aromatic heterocycles. The first-order chi connectivity index (χ1) is 14.3. The zero-order chi connectivity index (χ0) is 22.4. The zero-order valence-corrected chi connectivity index (χ0v) is 20.4. The Morgan fingerprint density at radius 1 is 1.10 bits per heavy atom. The van der Waals surface area contributed by atoms with Crippen LogP contribution in [0, 0.1) is 13.8 Å². The third-order valence-corrected chi connectivity index (χ3v) is 5.29. The van der Waals surface area contributed by atoms with Crippen molar-refractivity contribution in [3.8, 4) is 0 Å². The molecule has 2 aromatic rings. The van der Waals surface area contributed by atoms with E-state index in [9.17, 15) is 4.79 Å². The van der Waals surface area contributed by atoms with Crippen molar-refractivity contribution in [2.75, 3.05) is 13.6 Å². The van der Waals surface area contributed by atoms with Crippen molar-refractivity contribution in [1.29, 1.82) is 0 Å². The molecule has 168 valence electrons. The van der Waals surface area contributed by atoms with Gasteiger partial charge in [-0.3, -0.25) is 4.98 Å². The van der Waals surface area contributed by atoms with Crippen LogP contribution in [-0.4, -0.2) is 39.7 Å². The molecule has 7 heteroatoms. The Labute approximate surface area is 189 Å². The summed E-state index contributed by atoms with van der Waals surface area (Å²) in [5.74, 6) is -0.638. The SMILES string of the molecule is CCCCCCCCCCN(C)Cc1cncc(Br)c1.Cc1noc(C)c1C(=O)O. The fraction of sp³-hybridized carbons (Fsp3) is 0.609. The molecule has 0 saturated carbocycles. The van der Waals surface area contributed by atoms with Crippen LogP contribution in [0.4, 0.5) is 0 Å². The largest absolute Gasteiger partial charge is 0.477 e. The lowest BCUT2D eigenvalue weighted by Crippen LogP contribution is -2.19. The topological polar surface area (TPSA) is 79.5 Å². The highest BCUT2D eigenvalue weighted by atomic mass is 79.9. The summed E-state index contributed by atoms with van der Waals surface area (Å²) in [7, 11) is 2.20. The number of aromatic nitrogens is 2. The van der Waals surface area contributed by atoms with E-state index < -0.39 is 5.97 Å². The van der Waals surface area contributed by atoms with Gasteiger partial charge in [0.05, 0.1) is 5.69 Å². The molecule has 0 amide bonds. The maximum Gasteiger partial charge on any atom is 0.341 e. The van der Waals surface area contributed by atoms with Crippen LogP contribution in [0.25, 0.3) is 0 Å². The number of halogens is 1. The standard InChI is InChI=1S/C17H29BrN2.C6H7NO3/c1-3-4-5-6-7-8-9-10-11-20(2)15-16-12-17(18)14-19-13-16;1-3-5(6(8)9)4(2)10-7-3/h12-14H,3-11,15H2,1-2H3;1-2H3,(H,8,9). The second-order valence-corrected chi connectivity index (χ2v) is 8.64. The number of carboxylic acids is 1. The van der Waals surface area contributed by atoms with Crippen LogP contribution in [0.1, 0.15) is 85.7 Å². The van der Waals surface area contributed by atoms with Gasteiger partial charge in [0.1, 0.15) is 11.3 Å². The molecule has 30 heavy (non-hydrogen) atoms. The molecule has 2 rings (SSSR count). The van der Waals surface area contributed by atoms with Gasteiger partial charge in [-0.1, -0.05) is 57.0 Å². The van der Waals surface area contributed by atoms with Crippen LogP contribution in [0.2, 0.25) is 0 Å². The number of hydrogen-bond donors (Lipinski definition) is 1. The van der Waals surface area contributed by atoms with Gasteiger partial charge in [-0.25, -0.2) is 4.79 Å². The van der Waals surface area contributed by atoms with E-state index in [1.807, 2.05) is 12.4 Å². The van der Waals surface area contributed by atoms with Crippen molar-refractivity contribution in [3.05, 3.63) is 45.5 Å². The van der Waals surface area contributed by atoms with Gasteiger partial charge in [0.25, 0.3) is 0 Å². The summed E-state index contributed by atoms with van der Waals surface area (Å²) in [6, 6.07) is 2.15. The number of pyridine rings is 1. The first-order valence-corrected chi connectivity index (χ1v) is 11.6. The summed E-state index contributed by atoms with van der Waals surface area (Å²) in [5, 5.41) is 12.0. The molecule has 0 saturated heterocycles. The second-order valence-electron chi connectivity index (χ2n) is 7.73. The molecule has 0 aromatic carbocycles. The lowest BCUT2D eigenvalue weighted by Gasteiger charge is -2.16. The van der Waals surface area contributed by atoms with Gasteiger partial charge in [-0.05, 0) is 61.4 Å². The number of unbranched alkanes of at least 4 members (excludes halogenated alkanes) is 7. The van der Waals surface area contributed by atoms with E-state index in [1.165, 1.54) is 63.5 Å². The van der Waals surface area contributed by atoms with Crippen molar-refractivity contribution in [2.24, 2.45) is 0 Å². The van der Waals surface area contributed by atoms with E-state index >= 15 is 0 Å². The van der Waals surface area contributed by atoms with Gasteiger partial charge >= 0.3 is 5.97 Å². The maximum absolute atomic E-state index is 10.4. The molecule has 0 unspecified atom stereocenters. The van der Waals surface area contributed by atoms with Gasteiger partial charge in [0.2, 0.25) is 0 Å². The van der Waals surface area contributed by atoms with Crippen molar-refractivity contribution in [3.63, 3.8) is 0 Å². The molecule has 6 nitrogen and oxygen atoms in total. The quantitative estimate of drug-likeness (QED) is 0.353. The molecule has 0 aliphatic heterocycles. The summed E-state index contributed by atoms with van der Waals surface area (Å²) in [6.45, 7) is 7.62. The average molecular weight is 482 g/mol. The summed E-state index contributed by atoms with van der Waals surface area (Å²) < 4.78 is 5.69. The molecule has 2 heterocycles. The van der Waals surface area contributed by atoms with Gasteiger partial charge in [0, 0.05) is 23.4 Å². The predicted molar refractivity (Wildman–Crippen MR) is 124 cm³/mol. The number of nitrogens with zero attached hydrogens (tertiary/aromatic N) is 3. The monoisotopic (exact) mass is 481 g/mol. The smallest absolute Gasteiger partial charge is 0.341 e. The summed E-state index contributed by atoms with van der Waals surface area (Å²) >= 11 is 3.47. The molecule has 0 spiro atoms. The van der Waals surface area contributed by atoms with E-state index in [0.29, 0.717) is 11.5 Å². The molecule has 1 N–H and O–H groups in total. The first-order valence-electron chi connectivity index (χ1n) is 10.8. The Morgan fingerprint density at radius 2 is 1.73 bits per heavy atom. The molecule has 0 bridgehead atoms. The molecular weight excluding hydrogens is 446 g/mol. The number of hydrogen-bond acceptors (Lipinski definition) is 5. The minimum atomic E-state index is -0.990. The highest BCUT2D eigenvalue weighted by molar-refractivity contribution is 9.10. The van der Waals surface area contributed by atoms with E-state index in [-0.39, 0.29) is 5.56 Å². The van der Waals surface area contributed by atoms with Crippen LogP contribution in [-0.2, 0) is 6.54 Å².